The van der Waals surface area contributed by atoms with E-state index in [1.807, 2.05) is 55.4 Å². The van der Waals surface area contributed by atoms with E-state index in [1.165, 1.54) is 30.9 Å². The summed E-state index contributed by atoms with van der Waals surface area (Å²) in [7, 11) is 4.68. The van der Waals surface area contributed by atoms with Gasteiger partial charge in [-0.1, -0.05) is 73.9 Å². The number of methoxy groups -OCH3 is 1. The number of rotatable bonds is 26. The van der Waals surface area contributed by atoms with Crippen LogP contribution in [0.5, 0.6) is 5.75 Å². The Hall–Kier alpha value is -4.08. The van der Waals surface area contributed by atoms with Crippen LogP contribution in [0.3, 0.4) is 0 Å². The molecule has 15 nitrogen and oxygen atoms in total. The number of amides is 4. The van der Waals surface area contributed by atoms with E-state index >= 15 is 0 Å². The molecular formula is C46H78N6O9. The molecule has 4 amide bonds. The number of carbonyl (C=O) groups is 6. The van der Waals surface area contributed by atoms with E-state index in [0.29, 0.717) is 68.7 Å². The van der Waals surface area contributed by atoms with Crippen molar-refractivity contribution >= 4 is 35.4 Å². The first-order valence-corrected chi connectivity index (χ1v) is 22.3. The summed E-state index contributed by atoms with van der Waals surface area (Å²) in [6.07, 6.45) is 0.861. The van der Waals surface area contributed by atoms with Crippen LogP contribution in [0.2, 0.25) is 0 Å². The SMILES string of the molecule is CC[C@H](C)[C@@H](NC(=O)[C@@H](NC(=O)C(CC(C)C)NC)[C@@H](C)OC(=O)[C@H](Cc1ccc(OC)cc1)N(C)C(=O)[C@@H]1CCCN1C(=O)[C@@H](N)CC(C)C)[C@@H](O)CC(=O)CCC(C)C. The van der Waals surface area contributed by atoms with E-state index in [4.69, 9.17) is 15.2 Å². The molecule has 1 saturated heterocycles. The van der Waals surface area contributed by atoms with E-state index in [-0.39, 0.29) is 42.3 Å². The molecule has 0 bridgehead atoms. The number of hydrogen-bond donors (Lipinski definition) is 5. The lowest BCUT2D eigenvalue weighted by atomic mass is 9.90. The van der Waals surface area contributed by atoms with Gasteiger partial charge in [0.1, 0.15) is 35.8 Å². The average molecular weight is 859 g/mol. The van der Waals surface area contributed by atoms with Crippen LogP contribution in [0.1, 0.15) is 119 Å². The van der Waals surface area contributed by atoms with Crippen LogP contribution < -0.4 is 26.4 Å². The van der Waals surface area contributed by atoms with Gasteiger partial charge in [-0.25, -0.2) is 4.79 Å². The van der Waals surface area contributed by atoms with Crippen LogP contribution in [0, 0.1) is 23.7 Å². The number of nitrogens with two attached hydrogens (primary N) is 1. The summed E-state index contributed by atoms with van der Waals surface area (Å²) in [6, 6.07) is 1.25. The highest BCUT2D eigenvalue weighted by Crippen LogP contribution is 2.24. The molecular weight excluding hydrogens is 781 g/mol. The molecule has 0 spiro atoms. The van der Waals surface area contributed by atoms with Crippen molar-refractivity contribution in [2.45, 2.75) is 169 Å². The predicted molar refractivity (Wildman–Crippen MR) is 236 cm³/mol. The zero-order valence-corrected chi connectivity index (χ0v) is 39.0. The summed E-state index contributed by atoms with van der Waals surface area (Å²) in [5.74, 6) is -1.96. The Bertz CT molecular complexity index is 1570. The van der Waals surface area contributed by atoms with Crippen LogP contribution in [-0.4, -0.2) is 126 Å². The van der Waals surface area contributed by atoms with Crippen LogP contribution in [0.15, 0.2) is 24.3 Å². The van der Waals surface area contributed by atoms with Gasteiger partial charge in [0.25, 0.3) is 0 Å². The standard InChI is InChI=1S/C46H78N6O9/c1-13-30(8)40(39(54)26-33(53)19-16-27(2)3)49-43(56)41(50-42(55)36(48-10)24-29(6)7)31(9)61-46(59)38(25-32-17-20-34(60-12)21-18-32)51(11)45(58)37-15-14-22-52(37)44(57)35(47)23-28(4)5/h17-18,20-21,27-31,35-41,48,54H,13-16,19,22-26,47H2,1-12H3,(H,49,56)(H,50,55)/t30-,31+,35-,36?,37-,38-,39-,40+,41-/m0/s1. The van der Waals surface area contributed by atoms with Crippen LogP contribution in [-0.2, 0) is 39.9 Å². The molecule has 6 N–H and O–H groups in total. The molecule has 0 saturated carbocycles. The molecule has 61 heavy (non-hydrogen) atoms. The first-order valence-electron chi connectivity index (χ1n) is 22.3. The molecule has 1 aromatic carbocycles. The van der Waals surface area contributed by atoms with Crippen LogP contribution in [0.25, 0.3) is 0 Å². The maximum absolute atomic E-state index is 14.5. The molecule has 1 aliphatic heterocycles. The smallest absolute Gasteiger partial charge is 0.329 e. The number of aliphatic hydroxyl groups is 1. The van der Waals surface area contributed by atoms with Gasteiger partial charge in [0, 0.05) is 32.9 Å². The zero-order valence-electron chi connectivity index (χ0n) is 39.0. The molecule has 1 aromatic rings. The minimum atomic E-state index is -1.43. The molecule has 1 heterocycles. The Kier molecular flexibility index (Phi) is 22.4. The van der Waals surface area contributed by atoms with Gasteiger partial charge in [0.2, 0.25) is 23.6 Å². The van der Waals surface area contributed by atoms with Crippen LogP contribution in [0.4, 0.5) is 0 Å². The van der Waals surface area contributed by atoms with Crippen molar-refractivity contribution in [1.29, 1.82) is 0 Å². The predicted octanol–water partition coefficient (Wildman–Crippen LogP) is 3.77. The van der Waals surface area contributed by atoms with Crippen molar-refractivity contribution < 1.29 is 43.3 Å². The summed E-state index contributed by atoms with van der Waals surface area (Å²) < 4.78 is 11.4. The lowest BCUT2D eigenvalue weighted by Crippen LogP contribution is -2.61. The van der Waals surface area contributed by atoms with E-state index in [9.17, 15) is 33.9 Å². The third-order valence-corrected chi connectivity index (χ3v) is 11.7. The van der Waals surface area contributed by atoms with Gasteiger partial charge in [0.05, 0.1) is 31.3 Å². The number of nitrogens with one attached hydrogen (secondary N) is 3. The molecule has 0 radical (unpaired) electrons. The van der Waals surface area contributed by atoms with E-state index in [0.717, 1.165) is 0 Å². The Labute approximate surface area is 365 Å². The molecule has 1 fully saturated rings. The van der Waals surface area contributed by atoms with E-state index in [1.54, 1.807) is 31.3 Å². The minimum Gasteiger partial charge on any atom is -0.497 e. The number of ketones is 1. The number of nitrogens with zero attached hydrogens (tertiary/aromatic N) is 2. The summed E-state index contributed by atoms with van der Waals surface area (Å²) >= 11 is 0. The monoisotopic (exact) mass is 859 g/mol. The van der Waals surface area contributed by atoms with Crippen molar-refractivity contribution in [2.75, 3.05) is 27.7 Å². The van der Waals surface area contributed by atoms with Crippen LogP contribution >= 0.6 is 0 Å². The zero-order chi connectivity index (χ0) is 46.1. The molecule has 9 atom stereocenters. The largest absolute Gasteiger partial charge is 0.497 e. The number of likely N-dealkylation sites (tertiary alicyclic amines) is 1. The van der Waals surface area contributed by atoms with Gasteiger partial charge in [-0.15, -0.1) is 0 Å². The highest BCUT2D eigenvalue weighted by molar-refractivity contribution is 5.93. The maximum Gasteiger partial charge on any atom is 0.329 e. The highest BCUT2D eigenvalue weighted by atomic mass is 16.5. The second-order valence-electron chi connectivity index (χ2n) is 18.2. The van der Waals surface area contributed by atoms with Gasteiger partial charge in [-0.05, 0) is 87.4 Å². The number of carbonyl (C=O) groups excluding carboxylic acids is 6. The van der Waals surface area contributed by atoms with Gasteiger partial charge < -0.3 is 46.1 Å². The third-order valence-electron chi connectivity index (χ3n) is 11.7. The van der Waals surface area contributed by atoms with E-state index in [2.05, 4.69) is 16.0 Å². The molecule has 0 aromatic heterocycles. The second kappa shape index (κ2) is 25.8. The first kappa shape index (κ1) is 53.1. The van der Waals surface area contributed by atoms with Gasteiger partial charge >= 0.3 is 5.97 Å². The number of esters is 1. The molecule has 2 rings (SSSR count). The van der Waals surface area contributed by atoms with Crippen molar-refractivity contribution in [3.05, 3.63) is 29.8 Å². The lowest BCUT2D eigenvalue weighted by Gasteiger charge is -2.35. The fraction of sp³-hybridized carbons (Fsp3) is 0.739. The van der Waals surface area contributed by atoms with Gasteiger partial charge in [-0.3, -0.25) is 24.0 Å². The highest BCUT2D eigenvalue weighted by Gasteiger charge is 2.42. The molecule has 1 unspecified atom stereocenters. The number of hydrogen-bond acceptors (Lipinski definition) is 11. The van der Waals surface area contributed by atoms with Gasteiger partial charge in [-0.2, -0.15) is 0 Å². The fourth-order valence-electron chi connectivity index (χ4n) is 7.71. The third kappa shape index (κ3) is 16.6. The van der Waals surface area contributed by atoms with Crippen molar-refractivity contribution in [3.63, 3.8) is 0 Å². The van der Waals surface area contributed by atoms with Crippen molar-refractivity contribution in [3.8, 4) is 5.75 Å². The second-order valence-corrected chi connectivity index (χ2v) is 18.2. The topological polar surface area (TPSA) is 210 Å². The number of likely N-dealkylation sites (N-methyl/N-ethyl adjacent to an activating group) is 2. The number of benzene rings is 1. The lowest BCUT2D eigenvalue weighted by molar-refractivity contribution is -0.162. The summed E-state index contributed by atoms with van der Waals surface area (Å²) in [5.41, 5.74) is 6.97. The fourth-order valence-corrected chi connectivity index (χ4v) is 7.71. The maximum atomic E-state index is 14.5. The molecule has 0 aliphatic carbocycles. The Morgan fingerprint density at radius 1 is 0.918 bits per heavy atom. The molecule has 1 aliphatic rings. The number of ether oxygens (including phenoxy) is 2. The Morgan fingerprint density at radius 3 is 2.08 bits per heavy atom. The Morgan fingerprint density at radius 2 is 1.54 bits per heavy atom. The van der Waals surface area contributed by atoms with E-state index < -0.39 is 72.1 Å². The summed E-state index contributed by atoms with van der Waals surface area (Å²) in [4.78, 5) is 86.1. The molecule has 346 valence electrons. The quantitative estimate of drug-likeness (QED) is 0.0848. The van der Waals surface area contributed by atoms with Gasteiger partial charge in [0.15, 0.2) is 0 Å². The number of Topliss-reactive ketones (excluding diaryl/α,β-unsaturated/α-hetero) is 1. The number of aliphatic hydroxyl groups excluding tert-OH is 1. The first-order chi connectivity index (χ1) is 28.6. The minimum absolute atomic E-state index is 0.0257. The summed E-state index contributed by atoms with van der Waals surface area (Å²) in [6.45, 7) is 17.5. The average Bonchev–Trinajstić information content (AvgIpc) is 3.70. The normalized spacial score (nSPS) is 18.1. The molecule has 15 heteroatoms. The van der Waals surface area contributed by atoms with Crippen molar-refractivity contribution in [2.24, 2.45) is 29.4 Å². The summed E-state index contributed by atoms with van der Waals surface area (Å²) in [5, 5.41) is 20.0. The Balaban J connectivity index is 2.53. The van der Waals surface area contributed by atoms with Crippen molar-refractivity contribution in [1.82, 2.24) is 25.8 Å².